The van der Waals surface area contributed by atoms with Crippen molar-refractivity contribution in [2.75, 3.05) is 25.9 Å². The van der Waals surface area contributed by atoms with Gasteiger partial charge in [-0.2, -0.15) is 0 Å². The van der Waals surface area contributed by atoms with Gasteiger partial charge in [0.15, 0.2) is 0 Å². The average Bonchev–Trinajstić information content (AvgIpc) is 2.67. The van der Waals surface area contributed by atoms with Crippen LogP contribution in [-0.4, -0.2) is 39.4 Å². The van der Waals surface area contributed by atoms with Crippen LogP contribution in [-0.2, 0) is 16.4 Å². The third-order valence-corrected chi connectivity index (χ3v) is 5.81. The number of nitrogens with two attached hydrogens (primary N) is 1. The molecular formula is C20H28ClN3O3S. The van der Waals surface area contributed by atoms with E-state index in [-0.39, 0.29) is 35.3 Å². The monoisotopic (exact) mass is 425 g/mol. The number of amides is 1. The minimum Gasteiger partial charge on any atom is -0.399 e. The summed E-state index contributed by atoms with van der Waals surface area (Å²) < 4.78 is 28.1. The molecule has 2 aromatic rings. The van der Waals surface area contributed by atoms with Crippen LogP contribution < -0.4 is 10.5 Å². The van der Waals surface area contributed by atoms with Crippen molar-refractivity contribution in [1.29, 1.82) is 0 Å². The Bertz CT molecular complexity index is 871. The number of rotatable bonds is 9. The second-order valence-corrected chi connectivity index (χ2v) is 8.20. The molecule has 6 nitrogen and oxygen atoms in total. The number of carbonyl (C=O) groups is 1. The summed E-state index contributed by atoms with van der Waals surface area (Å²) in [6.45, 7) is 2.87. The number of sulfonamides is 1. The zero-order valence-electron chi connectivity index (χ0n) is 16.2. The molecule has 0 atom stereocenters. The minimum atomic E-state index is -3.79. The molecular weight excluding hydrogens is 398 g/mol. The Morgan fingerprint density at radius 2 is 1.75 bits per heavy atom. The van der Waals surface area contributed by atoms with Gasteiger partial charge in [-0.1, -0.05) is 37.6 Å². The second-order valence-electron chi connectivity index (χ2n) is 6.47. The van der Waals surface area contributed by atoms with Crippen LogP contribution in [0.1, 0.15) is 35.7 Å². The largest absolute Gasteiger partial charge is 0.399 e. The number of hydrogen-bond donors (Lipinski definition) is 2. The highest BCUT2D eigenvalue weighted by molar-refractivity contribution is 7.89. The molecule has 28 heavy (non-hydrogen) atoms. The number of nitrogens with one attached hydrogen (secondary N) is 1. The van der Waals surface area contributed by atoms with Crippen molar-refractivity contribution in [3.63, 3.8) is 0 Å². The van der Waals surface area contributed by atoms with Gasteiger partial charge < -0.3 is 10.6 Å². The van der Waals surface area contributed by atoms with Crippen molar-refractivity contribution in [3.05, 3.63) is 59.7 Å². The molecule has 0 unspecified atom stereocenters. The Morgan fingerprint density at radius 1 is 1.11 bits per heavy atom. The first-order valence-corrected chi connectivity index (χ1v) is 10.5. The van der Waals surface area contributed by atoms with Crippen LogP contribution in [0.15, 0.2) is 53.4 Å². The van der Waals surface area contributed by atoms with E-state index in [1.54, 1.807) is 42.3 Å². The molecule has 0 heterocycles. The number of nitrogens with zero attached hydrogens (tertiary/aromatic N) is 1. The van der Waals surface area contributed by atoms with Crippen LogP contribution in [0.5, 0.6) is 0 Å². The summed E-state index contributed by atoms with van der Waals surface area (Å²) in [5.74, 6) is -0.289. The lowest BCUT2D eigenvalue weighted by atomic mass is 10.1. The number of halogens is 1. The fourth-order valence-corrected chi connectivity index (χ4v) is 3.90. The second kappa shape index (κ2) is 11.0. The molecule has 2 rings (SSSR count). The van der Waals surface area contributed by atoms with E-state index >= 15 is 0 Å². The molecule has 0 saturated heterocycles. The van der Waals surface area contributed by atoms with Gasteiger partial charge in [0.2, 0.25) is 10.0 Å². The highest BCUT2D eigenvalue weighted by Gasteiger charge is 2.23. The predicted molar refractivity (Wildman–Crippen MR) is 115 cm³/mol. The standard InChI is InChI=1S/C20H27N3O3S.ClH/c1-3-4-15-23(2)20(24)18-7-5-6-8-19(18)27(25,26)22-14-13-16-9-11-17(21)12-10-16;/h5-12,22H,3-4,13-15,21H2,1-2H3;1H. The lowest BCUT2D eigenvalue weighted by molar-refractivity contribution is 0.0789. The van der Waals surface area contributed by atoms with Gasteiger partial charge in [-0.15, -0.1) is 12.4 Å². The number of carbonyl (C=O) groups excluding carboxylic acids is 1. The molecule has 0 aromatic heterocycles. The van der Waals surface area contributed by atoms with Crippen molar-refractivity contribution >= 4 is 34.0 Å². The van der Waals surface area contributed by atoms with E-state index in [0.29, 0.717) is 18.7 Å². The van der Waals surface area contributed by atoms with Gasteiger partial charge >= 0.3 is 0 Å². The normalized spacial score (nSPS) is 10.9. The van der Waals surface area contributed by atoms with E-state index in [9.17, 15) is 13.2 Å². The Labute approximate surface area is 173 Å². The summed E-state index contributed by atoms with van der Waals surface area (Å²) >= 11 is 0. The van der Waals surface area contributed by atoms with Crippen LogP contribution >= 0.6 is 12.4 Å². The molecule has 0 aliphatic carbocycles. The Morgan fingerprint density at radius 3 is 2.39 bits per heavy atom. The Kier molecular flexibility index (Phi) is 9.45. The molecule has 0 aliphatic heterocycles. The van der Waals surface area contributed by atoms with Gasteiger partial charge in [-0.3, -0.25) is 4.79 Å². The molecule has 0 spiro atoms. The van der Waals surface area contributed by atoms with Gasteiger partial charge in [0.25, 0.3) is 5.91 Å². The lowest BCUT2D eigenvalue weighted by Crippen LogP contribution is -2.32. The highest BCUT2D eigenvalue weighted by atomic mass is 35.5. The van der Waals surface area contributed by atoms with Crippen LogP contribution in [0, 0.1) is 0 Å². The topological polar surface area (TPSA) is 92.5 Å². The fraction of sp³-hybridized carbons (Fsp3) is 0.350. The molecule has 2 aromatic carbocycles. The van der Waals surface area contributed by atoms with Gasteiger partial charge in [0.05, 0.1) is 10.5 Å². The van der Waals surface area contributed by atoms with Crippen LogP contribution in [0.25, 0.3) is 0 Å². The predicted octanol–water partition coefficient (Wildman–Crippen LogP) is 3.08. The first-order valence-electron chi connectivity index (χ1n) is 9.03. The van der Waals surface area contributed by atoms with Crippen molar-refractivity contribution in [3.8, 4) is 0 Å². The number of benzene rings is 2. The molecule has 3 N–H and O–H groups in total. The maximum atomic E-state index is 12.7. The van der Waals surface area contributed by atoms with Crippen molar-refractivity contribution in [2.24, 2.45) is 0 Å². The molecule has 0 fully saturated rings. The SMILES string of the molecule is CCCCN(C)C(=O)c1ccccc1S(=O)(=O)NCCc1ccc(N)cc1.Cl. The van der Waals surface area contributed by atoms with Gasteiger partial charge in [0, 0.05) is 25.8 Å². The van der Waals surface area contributed by atoms with Gasteiger partial charge in [-0.25, -0.2) is 13.1 Å². The fourth-order valence-electron chi connectivity index (χ4n) is 2.67. The number of anilines is 1. The summed E-state index contributed by atoms with van der Waals surface area (Å²) in [4.78, 5) is 14.2. The number of nitrogen functional groups attached to an aromatic ring is 1. The number of hydrogen-bond acceptors (Lipinski definition) is 4. The third kappa shape index (κ3) is 6.51. The third-order valence-electron chi connectivity index (χ3n) is 4.29. The maximum Gasteiger partial charge on any atom is 0.254 e. The smallest absolute Gasteiger partial charge is 0.254 e. The Hall–Kier alpha value is -2.09. The minimum absolute atomic E-state index is 0. The molecule has 0 radical (unpaired) electrons. The van der Waals surface area contributed by atoms with E-state index in [4.69, 9.17) is 5.73 Å². The molecule has 0 saturated carbocycles. The summed E-state index contributed by atoms with van der Waals surface area (Å²) in [6.07, 6.45) is 2.37. The van der Waals surface area contributed by atoms with Crippen LogP contribution in [0.4, 0.5) is 5.69 Å². The first-order chi connectivity index (χ1) is 12.8. The summed E-state index contributed by atoms with van der Waals surface area (Å²) in [6, 6.07) is 13.6. The lowest BCUT2D eigenvalue weighted by Gasteiger charge is -2.19. The summed E-state index contributed by atoms with van der Waals surface area (Å²) in [5, 5.41) is 0. The zero-order chi connectivity index (χ0) is 19.9. The molecule has 0 aliphatic rings. The van der Waals surface area contributed by atoms with E-state index in [1.165, 1.54) is 6.07 Å². The molecule has 154 valence electrons. The molecule has 8 heteroatoms. The zero-order valence-corrected chi connectivity index (χ0v) is 17.9. The summed E-state index contributed by atoms with van der Waals surface area (Å²) in [5.41, 5.74) is 7.49. The van der Waals surface area contributed by atoms with Crippen LogP contribution in [0.2, 0.25) is 0 Å². The quantitative estimate of drug-likeness (QED) is 0.604. The molecule has 1 amide bonds. The van der Waals surface area contributed by atoms with Crippen molar-refractivity contribution in [2.45, 2.75) is 31.1 Å². The van der Waals surface area contributed by atoms with E-state index in [1.807, 2.05) is 19.1 Å². The average molecular weight is 426 g/mol. The van der Waals surface area contributed by atoms with E-state index < -0.39 is 10.0 Å². The van der Waals surface area contributed by atoms with Crippen LogP contribution in [0.3, 0.4) is 0 Å². The molecule has 0 bridgehead atoms. The first kappa shape index (κ1) is 23.9. The Balaban J connectivity index is 0.00000392. The number of unbranched alkanes of at least 4 members (excludes halogenated alkanes) is 1. The van der Waals surface area contributed by atoms with E-state index in [0.717, 1.165) is 18.4 Å². The van der Waals surface area contributed by atoms with Gasteiger partial charge in [0.1, 0.15) is 0 Å². The highest BCUT2D eigenvalue weighted by Crippen LogP contribution is 2.17. The van der Waals surface area contributed by atoms with Crippen molar-refractivity contribution < 1.29 is 13.2 Å². The van der Waals surface area contributed by atoms with Gasteiger partial charge in [-0.05, 0) is 42.7 Å². The summed E-state index contributed by atoms with van der Waals surface area (Å²) in [7, 11) is -2.10. The van der Waals surface area contributed by atoms with Crippen molar-refractivity contribution in [1.82, 2.24) is 9.62 Å². The van der Waals surface area contributed by atoms with E-state index in [2.05, 4.69) is 4.72 Å². The maximum absolute atomic E-state index is 12.7.